The first kappa shape index (κ1) is 15.3. The van der Waals surface area contributed by atoms with Crippen molar-refractivity contribution in [1.82, 2.24) is 10.2 Å². The van der Waals surface area contributed by atoms with E-state index >= 15 is 0 Å². The predicted molar refractivity (Wildman–Crippen MR) is 77.9 cm³/mol. The van der Waals surface area contributed by atoms with Crippen molar-refractivity contribution in [2.45, 2.75) is 52.0 Å². The number of piperazine rings is 1. The van der Waals surface area contributed by atoms with E-state index in [0.29, 0.717) is 19.0 Å². The lowest BCUT2D eigenvalue weighted by Crippen LogP contribution is -2.61. The van der Waals surface area contributed by atoms with Gasteiger partial charge in [-0.2, -0.15) is 0 Å². The van der Waals surface area contributed by atoms with E-state index in [1.165, 1.54) is 0 Å². The Labute approximate surface area is 121 Å². The number of carbonyl (C=O) groups is 2. The zero-order valence-electron chi connectivity index (χ0n) is 12.7. The highest BCUT2D eigenvalue weighted by molar-refractivity contribution is 5.90. The standard InChI is InChI=1S/C15H27N3O2/c1-11(2)9-15(5-3-4-6-15)14(20)18-8-7-17-10-12(18)13(16)19/h11-12,17H,3-10H2,1-2H3,(H2,16,19). The molecule has 1 aliphatic carbocycles. The first-order chi connectivity index (χ1) is 9.46. The molecule has 1 aliphatic heterocycles. The molecule has 2 amide bonds. The highest BCUT2D eigenvalue weighted by Gasteiger charge is 2.46. The maximum atomic E-state index is 13.1. The summed E-state index contributed by atoms with van der Waals surface area (Å²) in [7, 11) is 0. The third-order valence-corrected chi connectivity index (χ3v) is 4.65. The maximum Gasteiger partial charge on any atom is 0.241 e. The summed E-state index contributed by atoms with van der Waals surface area (Å²) in [6.45, 7) is 6.14. The zero-order chi connectivity index (χ0) is 14.8. The molecule has 0 aromatic heterocycles. The van der Waals surface area contributed by atoms with Crippen molar-refractivity contribution < 1.29 is 9.59 Å². The molecule has 3 N–H and O–H groups in total. The van der Waals surface area contributed by atoms with Gasteiger partial charge < -0.3 is 16.0 Å². The van der Waals surface area contributed by atoms with Gasteiger partial charge in [-0.05, 0) is 25.2 Å². The highest BCUT2D eigenvalue weighted by Crippen LogP contribution is 2.45. The lowest BCUT2D eigenvalue weighted by Gasteiger charge is -2.41. The van der Waals surface area contributed by atoms with E-state index in [4.69, 9.17) is 5.73 Å². The summed E-state index contributed by atoms with van der Waals surface area (Å²) in [6.07, 6.45) is 5.07. The van der Waals surface area contributed by atoms with E-state index in [1.807, 2.05) is 0 Å². The molecule has 0 aromatic rings. The summed E-state index contributed by atoms with van der Waals surface area (Å²) in [5, 5.41) is 3.15. The van der Waals surface area contributed by atoms with Gasteiger partial charge in [0.15, 0.2) is 0 Å². The maximum absolute atomic E-state index is 13.1. The summed E-state index contributed by atoms with van der Waals surface area (Å²) < 4.78 is 0. The van der Waals surface area contributed by atoms with Crippen molar-refractivity contribution in [2.24, 2.45) is 17.1 Å². The average molecular weight is 281 g/mol. The molecular weight excluding hydrogens is 254 g/mol. The normalized spacial score (nSPS) is 25.9. The van der Waals surface area contributed by atoms with Gasteiger partial charge >= 0.3 is 0 Å². The molecular formula is C15H27N3O2. The Morgan fingerprint density at radius 3 is 2.55 bits per heavy atom. The molecule has 0 aromatic carbocycles. The third-order valence-electron chi connectivity index (χ3n) is 4.65. The van der Waals surface area contributed by atoms with Crippen LogP contribution in [0.3, 0.4) is 0 Å². The number of rotatable bonds is 4. The molecule has 0 bridgehead atoms. The van der Waals surface area contributed by atoms with Gasteiger partial charge in [-0.25, -0.2) is 0 Å². The Hall–Kier alpha value is -1.10. The van der Waals surface area contributed by atoms with Gasteiger partial charge in [0.1, 0.15) is 6.04 Å². The van der Waals surface area contributed by atoms with Crippen molar-refractivity contribution in [3.8, 4) is 0 Å². The molecule has 0 spiro atoms. The number of carbonyl (C=O) groups excluding carboxylic acids is 2. The fourth-order valence-corrected chi connectivity index (χ4v) is 3.84. The van der Waals surface area contributed by atoms with Gasteiger partial charge in [-0.1, -0.05) is 26.7 Å². The van der Waals surface area contributed by atoms with Crippen LogP contribution in [0.5, 0.6) is 0 Å². The second kappa shape index (κ2) is 6.12. The SMILES string of the molecule is CC(C)CC1(C(=O)N2CCNCC2C(N)=O)CCCC1. The van der Waals surface area contributed by atoms with E-state index in [2.05, 4.69) is 19.2 Å². The first-order valence-electron chi connectivity index (χ1n) is 7.77. The van der Waals surface area contributed by atoms with Gasteiger partial charge in [-0.15, -0.1) is 0 Å². The van der Waals surface area contributed by atoms with Crippen LogP contribution in [0.4, 0.5) is 0 Å². The topological polar surface area (TPSA) is 75.4 Å². The number of hydrogen-bond donors (Lipinski definition) is 2. The Morgan fingerprint density at radius 1 is 1.35 bits per heavy atom. The van der Waals surface area contributed by atoms with E-state index in [1.54, 1.807) is 4.90 Å². The summed E-state index contributed by atoms with van der Waals surface area (Å²) >= 11 is 0. The number of nitrogens with one attached hydrogen (secondary N) is 1. The van der Waals surface area contributed by atoms with E-state index < -0.39 is 11.9 Å². The van der Waals surface area contributed by atoms with Crippen LogP contribution in [0.2, 0.25) is 0 Å². The smallest absolute Gasteiger partial charge is 0.241 e. The van der Waals surface area contributed by atoms with Gasteiger partial charge in [0.25, 0.3) is 0 Å². The van der Waals surface area contributed by atoms with E-state index in [0.717, 1.165) is 38.6 Å². The molecule has 114 valence electrons. The number of nitrogens with two attached hydrogens (primary N) is 1. The minimum absolute atomic E-state index is 0.161. The Kier molecular flexibility index (Phi) is 4.68. The van der Waals surface area contributed by atoms with Crippen molar-refractivity contribution >= 4 is 11.8 Å². The molecule has 1 unspecified atom stereocenters. The lowest BCUT2D eigenvalue weighted by molar-refractivity contribution is -0.150. The fourth-order valence-electron chi connectivity index (χ4n) is 3.84. The van der Waals surface area contributed by atoms with Crippen molar-refractivity contribution in [3.63, 3.8) is 0 Å². The van der Waals surface area contributed by atoms with Crippen LogP contribution in [-0.4, -0.2) is 42.4 Å². The largest absolute Gasteiger partial charge is 0.368 e. The summed E-state index contributed by atoms with van der Waals surface area (Å²) in [5.74, 6) is 0.254. The molecule has 1 atom stereocenters. The van der Waals surface area contributed by atoms with Crippen molar-refractivity contribution in [1.29, 1.82) is 0 Å². The van der Waals surface area contributed by atoms with Gasteiger partial charge in [0.05, 0.1) is 0 Å². The molecule has 1 saturated carbocycles. The van der Waals surface area contributed by atoms with Gasteiger partial charge in [0.2, 0.25) is 11.8 Å². The first-order valence-corrected chi connectivity index (χ1v) is 7.77. The quantitative estimate of drug-likeness (QED) is 0.803. The monoisotopic (exact) mass is 281 g/mol. The highest BCUT2D eigenvalue weighted by atomic mass is 16.2. The molecule has 1 saturated heterocycles. The minimum Gasteiger partial charge on any atom is -0.368 e. The fraction of sp³-hybridized carbons (Fsp3) is 0.867. The second-order valence-electron chi connectivity index (χ2n) is 6.71. The van der Waals surface area contributed by atoms with E-state index in [-0.39, 0.29) is 11.3 Å². The number of amides is 2. The Morgan fingerprint density at radius 2 is 2.00 bits per heavy atom. The van der Waals surface area contributed by atoms with Gasteiger partial charge in [0, 0.05) is 25.0 Å². The predicted octanol–water partition coefficient (Wildman–Crippen LogP) is 0.879. The summed E-state index contributed by atoms with van der Waals surface area (Å²) in [4.78, 5) is 26.4. The number of nitrogens with zero attached hydrogens (tertiary/aromatic N) is 1. The Balaban J connectivity index is 2.19. The summed E-state index contributed by atoms with van der Waals surface area (Å²) in [6, 6.07) is -0.485. The van der Waals surface area contributed by atoms with Crippen LogP contribution in [0, 0.1) is 11.3 Å². The molecule has 0 radical (unpaired) electrons. The molecule has 2 rings (SSSR count). The van der Waals surface area contributed by atoms with Crippen LogP contribution < -0.4 is 11.1 Å². The van der Waals surface area contributed by atoms with Crippen LogP contribution in [-0.2, 0) is 9.59 Å². The molecule has 2 aliphatic rings. The number of primary amides is 1. The van der Waals surface area contributed by atoms with Crippen LogP contribution >= 0.6 is 0 Å². The summed E-state index contributed by atoms with van der Waals surface area (Å²) in [5.41, 5.74) is 5.21. The van der Waals surface area contributed by atoms with Crippen LogP contribution in [0.15, 0.2) is 0 Å². The van der Waals surface area contributed by atoms with Crippen molar-refractivity contribution in [3.05, 3.63) is 0 Å². The molecule has 2 fully saturated rings. The van der Waals surface area contributed by atoms with Gasteiger partial charge in [-0.3, -0.25) is 9.59 Å². The molecule has 5 nitrogen and oxygen atoms in total. The van der Waals surface area contributed by atoms with Crippen LogP contribution in [0.25, 0.3) is 0 Å². The third kappa shape index (κ3) is 2.97. The second-order valence-corrected chi connectivity index (χ2v) is 6.71. The number of hydrogen-bond acceptors (Lipinski definition) is 3. The van der Waals surface area contributed by atoms with E-state index in [9.17, 15) is 9.59 Å². The van der Waals surface area contributed by atoms with Crippen molar-refractivity contribution in [2.75, 3.05) is 19.6 Å². The zero-order valence-corrected chi connectivity index (χ0v) is 12.7. The molecule has 20 heavy (non-hydrogen) atoms. The minimum atomic E-state index is -0.485. The van der Waals surface area contributed by atoms with Crippen LogP contribution in [0.1, 0.15) is 46.0 Å². The average Bonchev–Trinajstić information content (AvgIpc) is 2.86. The Bertz CT molecular complexity index is 375. The molecule has 1 heterocycles. The molecule has 5 heteroatoms. The lowest BCUT2D eigenvalue weighted by atomic mass is 9.77.